The van der Waals surface area contributed by atoms with Crippen molar-refractivity contribution >= 4 is 31.7 Å². The van der Waals surface area contributed by atoms with Crippen molar-refractivity contribution in [2.24, 2.45) is 0 Å². The maximum absolute atomic E-state index is 11.3. The number of hydrogen-bond acceptors (Lipinski definition) is 2. The molecule has 0 amide bonds. The Hall–Kier alpha value is -1.91. The SMILES string of the molecule is Cc1c2ccccc2c(CS(=O)(=O)O)c2ccccc12. The molecule has 0 aromatic heterocycles. The summed E-state index contributed by atoms with van der Waals surface area (Å²) in [6, 6.07) is 15.4. The van der Waals surface area contributed by atoms with E-state index >= 15 is 0 Å². The van der Waals surface area contributed by atoms with Crippen molar-refractivity contribution in [1.82, 2.24) is 0 Å². The molecular formula is C16H14O3S. The van der Waals surface area contributed by atoms with E-state index in [0.29, 0.717) is 5.56 Å². The smallest absolute Gasteiger partial charge is 0.269 e. The van der Waals surface area contributed by atoms with Crippen LogP contribution in [0.5, 0.6) is 0 Å². The second-order valence-corrected chi connectivity index (χ2v) is 6.37. The lowest BCUT2D eigenvalue weighted by molar-refractivity contribution is 0.482. The van der Waals surface area contributed by atoms with Crippen LogP contribution >= 0.6 is 0 Å². The molecule has 4 heteroatoms. The summed E-state index contributed by atoms with van der Waals surface area (Å²) in [5.41, 5.74) is 1.78. The molecule has 3 aromatic rings. The lowest BCUT2D eigenvalue weighted by atomic mass is 9.93. The molecule has 0 spiro atoms. The lowest BCUT2D eigenvalue weighted by Crippen LogP contribution is -2.03. The normalized spacial score (nSPS) is 12.1. The summed E-state index contributed by atoms with van der Waals surface area (Å²) in [6.07, 6.45) is 0. The molecule has 20 heavy (non-hydrogen) atoms. The third kappa shape index (κ3) is 2.17. The maximum Gasteiger partial charge on any atom is 0.269 e. The molecule has 0 bridgehead atoms. The summed E-state index contributed by atoms with van der Waals surface area (Å²) in [7, 11) is -4.07. The van der Waals surface area contributed by atoms with Crippen LogP contribution in [0.1, 0.15) is 11.1 Å². The van der Waals surface area contributed by atoms with Crippen LogP contribution in [-0.2, 0) is 15.9 Å². The average Bonchev–Trinajstić information content (AvgIpc) is 2.42. The standard InChI is InChI=1S/C16H14O3S/c1-11-12-6-2-4-8-14(12)16(10-20(17,18)19)15-9-5-3-7-13(11)15/h2-9H,10H2,1H3,(H,17,18,19). The van der Waals surface area contributed by atoms with Crippen molar-refractivity contribution in [2.75, 3.05) is 0 Å². The van der Waals surface area contributed by atoms with Gasteiger partial charge in [0, 0.05) is 0 Å². The van der Waals surface area contributed by atoms with Gasteiger partial charge in [-0.1, -0.05) is 48.5 Å². The summed E-state index contributed by atoms with van der Waals surface area (Å²) in [5, 5.41) is 3.79. The van der Waals surface area contributed by atoms with Crippen molar-refractivity contribution < 1.29 is 13.0 Å². The van der Waals surface area contributed by atoms with Crippen LogP contribution in [0.3, 0.4) is 0 Å². The highest BCUT2D eigenvalue weighted by atomic mass is 32.2. The van der Waals surface area contributed by atoms with Crippen LogP contribution in [0.4, 0.5) is 0 Å². The Balaban J connectivity index is 2.53. The van der Waals surface area contributed by atoms with Gasteiger partial charge in [0.25, 0.3) is 10.1 Å². The van der Waals surface area contributed by atoms with Gasteiger partial charge in [-0.15, -0.1) is 0 Å². The van der Waals surface area contributed by atoms with Gasteiger partial charge in [-0.25, -0.2) is 0 Å². The molecule has 0 saturated heterocycles. The molecular weight excluding hydrogens is 272 g/mol. The van der Waals surface area contributed by atoms with Gasteiger partial charge in [0.15, 0.2) is 0 Å². The molecule has 0 heterocycles. The molecule has 0 radical (unpaired) electrons. The fourth-order valence-electron chi connectivity index (χ4n) is 2.77. The first-order chi connectivity index (χ1) is 9.47. The summed E-state index contributed by atoms with van der Waals surface area (Å²) in [4.78, 5) is 0. The monoisotopic (exact) mass is 286 g/mol. The van der Waals surface area contributed by atoms with Crippen LogP contribution in [0.25, 0.3) is 21.5 Å². The fourth-order valence-corrected chi connectivity index (χ4v) is 3.45. The van der Waals surface area contributed by atoms with Crippen LogP contribution in [-0.4, -0.2) is 13.0 Å². The van der Waals surface area contributed by atoms with E-state index in [9.17, 15) is 13.0 Å². The molecule has 0 fully saturated rings. The Kier molecular flexibility index (Phi) is 3.00. The summed E-state index contributed by atoms with van der Waals surface area (Å²) in [6.45, 7) is 2.03. The minimum Gasteiger partial charge on any atom is -0.285 e. The lowest BCUT2D eigenvalue weighted by Gasteiger charge is -2.13. The van der Waals surface area contributed by atoms with E-state index in [4.69, 9.17) is 0 Å². The summed E-state index contributed by atoms with van der Waals surface area (Å²) in [5.74, 6) is -0.367. The Morgan fingerprint density at radius 2 is 1.25 bits per heavy atom. The van der Waals surface area contributed by atoms with E-state index in [0.717, 1.165) is 27.1 Å². The quantitative estimate of drug-likeness (QED) is 0.577. The average molecular weight is 286 g/mol. The largest absolute Gasteiger partial charge is 0.285 e. The summed E-state index contributed by atoms with van der Waals surface area (Å²) >= 11 is 0. The number of aryl methyl sites for hydroxylation is 1. The number of hydrogen-bond donors (Lipinski definition) is 1. The van der Waals surface area contributed by atoms with Crippen LogP contribution in [0.15, 0.2) is 48.5 Å². The van der Waals surface area contributed by atoms with Crippen molar-refractivity contribution in [2.45, 2.75) is 12.7 Å². The zero-order chi connectivity index (χ0) is 14.3. The zero-order valence-corrected chi connectivity index (χ0v) is 11.8. The van der Waals surface area contributed by atoms with Gasteiger partial charge in [-0.05, 0) is 39.6 Å². The van der Waals surface area contributed by atoms with Crippen LogP contribution in [0.2, 0.25) is 0 Å². The molecule has 102 valence electrons. The zero-order valence-electron chi connectivity index (χ0n) is 11.0. The maximum atomic E-state index is 11.3. The second kappa shape index (κ2) is 4.58. The van der Waals surface area contributed by atoms with E-state index in [1.54, 1.807) is 0 Å². The van der Waals surface area contributed by atoms with E-state index in [1.807, 2.05) is 55.5 Å². The predicted molar refractivity (Wildman–Crippen MR) is 81.4 cm³/mol. The van der Waals surface area contributed by atoms with Gasteiger partial charge in [0.2, 0.25) is 0 Å². The van der Waals surface area contributed by atoms with Gasteiger partial charge in [-0.2, -0.15) is 8.42 Å². The first-order valence-corrected chi connectivity index (χ1v) is 7.92. The van der Waals surface area contributed by atoms with Gasteiger partial charge < -0.3 is 0 Å². The fraction of sp³-hybridized carbons (Fsp3) is 0.125. The Morgan fingerprint density at radius 1 is 0.850 bits per heavy atom. The highest BCUT2D eigenvalue weighted by Gasteiger charge is 2.15. The topological polar surface area (TPSA) is 54.4 Å². The van der Waals surface area contributed by atoms with Crippen molar-refractivity contribution in [3.63, 3.8) is 0 Å². The molecule has 0 aliphatic heterocycles. The first kappa shape index (κ1) is 13.1. The highest BCUT2D eigenvalue weighted by Crippen LogP contribution is 2.33. The molecule has 3 nitrogen and oxygen atoms in total. The van der Waals surface area contributed by atoms with E-state index < -0.39 is 10.1 Å². The van der Waals surface area contributed by atoms with E-state index in [1.165, 1.54) is 0 Å². The first-order valence-electron chi connectivity index (χ1n) is 6.31. The molecule has 3 aromatic carbocycles. The van der Waals surface area contributed by atoms with Gasteiger partial charge in [0.05, 0.1) is 0 Å². The molecule has 0 aliphatic rings. The Bertz CT molecular complexity index is 855. The van der Waals surface area contributed by atoms with E-state index in [2.05, 4.69) is 0 Å². The molecule has 0 aliphatic carbocycles. The molecule has 0 atom stereocenters. The molecule has 3 rings (SSSR count). The molecule has 0 unspecified atom stereocenters. The Labute approximate surface area is 117 Å². The Morgan fingerprint density at radius 3 is 1.65 bits per heavy atom. The second-order valence-electron chi connectivity index (χ2n) is 4.92. The number of fused-ring (bicyclic) bond motifs is 2. The van der Waals surface area contributed by atoms with Gasteiger partial charge >= 0.3 is 0 Å². The third-order valence-corrected chi connectivity index (χ3v) is 4.29. The van der Waals surface area contributed by atoms with Crippen LogP contribution < -0.4 is 0 Å². The van der Waals surface area contributed by atoms with Gasteiger partial charge in [0.1, 0.15) is 5.75 Å². The number of rotatable bonds is 2. The predicted octanol–water partition coefficient (Wildman–Crippen LogP) is 3.69. The molecule has 0 saturated carbocycles. The minimum atomic E-state index is -4.07. The molecule has 1 N–H and O–H groups in total. The highest BCUT2D eigenvalue weighted by molar-refractivity contribution is 7.85. The number of benzene rings is 3. The summed E-state index contributed by atoms with van der Waals surface area (Å²) < 4.78 is 31.9. The minimum absolute atomic E-state index is 0.367. The third-order valence-electron chi connectivity index (χ3n) is 3.64. The van der Waals surface area contributed by atoms with Crippen molar-refractivity contribution in [1.29, 1.82) is 0 Å². The van der Waals surface area contributed by atoms with Crippen molar-refractivity contribution in [3.8, 4) is 0 Å². The van der Waals surface area contributed by atoms with Gasteiger partial charge in [-0.3, -0.25) is 4.55 Å². The van der Waals surface area contributed by atoms with E-state index in [-0.39, 0.29) is 5.75 Å². The van der Waals surface area contributed by atoms with Crippen molar-refractivity contribution in [3.05, 3.63) is 59.7 Å². The van der Waals surface area contributed by atoms with Crippen LogP contribution in [0, 0.1) is 6.92 Å².